The van der Waals surface area contributed by atoms with Crippen LogP contribution in [0.4, 0.5) is 0 Å². The topological polar surface area (TPSA) is 82.8 Å². The van der Waals surface area contributed by atoms with Crippen LogP contribution < -0.4 is 11.6 Å². The molecule has 5 nitrogen and oxygen atoms in total. The Morgan fingerprint density at radius 1 is 1.20 bits per heavy atom. The van der Waals surface area contributed by atoms with Crippen molar-refractivity contribution in [1.29, 1.82) is 0 Å². The van der Waals surface area contributed by atoms with Crippen molar-refractivity contribution >= 4 is 11.8 Å². The zero-order valence-corrected chi connectivity index (χ0v) is 12.8. The van der Waals surface area contributed by atoms with Crippen molar-refractivity contribution in [3.63, 3.8) is 0 Å². The molecule has 0 bridgehead atoms. The van der Waals surface area contributed by atoms with Crippen LogP contribution in [-0.4, -0.2) is 27.2 Å². The zero-order valence-electron chi connectivity index (χ0n) is 12.0. The molecule has 0 unspecified atom stereocenters. The Morgan fingerprint density at radius 2 is 2.00 bits per heavy atom. The number of hydrogen-bond donors (Lipinski definition) is 2. The number of hydrogen-bond acceptors (Lipinski definition) is 5. The molecule has 2 aromatic rings. The standard InChI is InChI=1S/C14H21N5S/c1-10-4-5-12(8-11(10)2)9-13-17-18-14(19(13)16)20-7-3-6-15/h4-5,8H,3,6-7,9,15-16H2,1-2H3. The fourth-order valence-corrected chi connectivity index (χ4v) is 2.71. The van der Waals surface area contributed by atoms with Crippen molar-refractivity contribution in [3.8, 4) is 0 Å². The summed E-state index contributed by atoms with van der Waals surface area (Å²) in [6.45, 7) is 4.90. The van der Waals surface area contributed by atoms with E-state index in [4.69, 9.17) is 11.6 Å². The molecule has 0 saturated carbocycles. The third-order valence-corrected chi connectivity index (χ3v) is 4.28. The normalized spacial score (nSPS) is 10.9. The van der Waals surface area contributed by atoms with Gasteiger partial charge in [0, 0.05) is 12.2 Å². The number of aryl methyl sites for hydroxylation is 2. The lowest BCUT2D eigenvalue weighted by Gasteiger charge is -2.06. The first-order chi connectivity index (χ1) is 9.61. The van der Waals surface area contributed by atoms with Crippen molar-refractivity contribution in [1.82, 2.24) is 14.9 Å². The molecule has 2 rings (SSSR count). The van der Waals surface area contributed by atoms with Gasteiger partial charge < -0.3 is 11.6 Å². The second kappa shape index (κ2) is 6.76. The Bertz CT molecular complexity index is 579. The number of thioether (sulfide) groups is 1. The smallest absolute Gasteiger partial charge is 0.209 e. The van der Waals surface area contributed by atoms with Gasteiger partial charge in [-0.1, -0.05) is 30.0 Å². The van der Waals surface area contributed by atoms with Crippen LogP contribution in [0.2, 0.25) is 0 Å². The van der Waals surface area contributed by atoms with Crippen molar-refractivity contribution < 1.29 is 0 Å². The van der Waals surface area contributed by atoms with Gasteiger partial charge in [0.15, 0.2) is 5.82 Å². The van der Waals surface area contributed by atoms with E-state index in [2.05, 4.69) is 42.2 Å². The van der Waals surface area contributed by atoms with Gasteiger partial charge in [-0.2, -0.15) is 0 Å². The van der Waals surface area contributed by atoms with Crippen LogP contribution in [0.5, 0.6) is 0 Å². The Balaban J connectivity index is 2.07. The van der Waals surface area contributed by atoms with E-state index in [1.165, 1.54) is 16.7 Å². The van der Waals surface area contributed by atoms with Crippen molar-refractivity contribution in [2.24, 2.45) is 5.73 Å². The molecule has 0 aliphatic heterocycles. The van der Waals surface area contributed by atoms with E-state index in [0.29, 0.717) is 13.0 Å². The quantitative estimate of drug-likeness (QED) is 0.480. The molecular formula is C14H21N5S. The van der Waals surface area contributed by atoms with E-state index in [-0.39, 0.29) is 0 Å². The van der Waals surface area contributed by atoms with Gasteiger partial charge in [0.2, 0.25) is 5.16 Å². The van der Waals surface area contributed by atoms with Crippen LogP contribution in [0.15, 0.2) is 23.4 Å². The van der Waals surface area contributed by atoms with Gasteiger partial charge in [0.05, 0.1) is 0 Å². The summed E-state index contributed by atoms with van der Waals surface area (Å²) in [5, 5.41) is 9.06. The Labute approximate surface area is 123 Å². The Morgan fingerprint density at radius 3 is 2.70 bits per heavy atom. The molecule has 4 N–H and O–H groups in total. The van der Waals surface area contributed by atoms with E-state index >= 15 is 0 Å². The van der Waals surface area contributed by atoms with Gasteiger partial charge in [-0.15, -0.1) is 10.2 Å². The molecule has 1 heterocycles. The summed E-state index contributed by atoms with van der Waals surface area (Å²) in [7, 11) is 0. The first kappa shape index (κ1) is 14.9. The van der Waals surface area contributed by atoms with Gasteiger partial charge in [0.25, 0.3) is 0 Å². The summed E-state index contributed by atoms with van der Waals surface area (Å²) in [6, 6.07) is 6.41. The third-order valence-electron chi connectivity index (χ3n) is 3.25. The van der Waals surface area contributed by atoms with Gasteiger partial charge in [-0.05, 0) is 43.5 Å². The number of rotatable bonds is 6. The molecule has 0 aliphatic rings. The predicted molar refractivity (Wildman–Crippen MR) is 83.3 cm³/mol. The highest BCUT2D eigenvalue weighted by Gasteiger charge is 2.10. The zero-order chi connectivity index (χ0) is 14.5. The van der Waals surface area contributed by atoms with Gasteiger partial charge in [-0.25, -0.2) is 4.68 Å². The lowest BCUT2D eigenvalue weighted by molar-refractivity contribution is 0.803. The summed E-state index contributed by atoms with van der Waals surface area (Å²) in [4.78, 5) is 0. The Kier molecular flexibility index (Phi) is 5.03. The molecule has 1 aromatic heterocycles. The van der Waals surface area contributed by atoms with Crippen molar-refractivity contribution in [3.05, 3.63) is 40.7 Å². The molecule has 0 atom stereocenters. The summed E-state index contributed by atoms with van der Waals surface area (Å²) in [5.41, 5.74) is 9.25. The molecule has 0 aliphatic carbocycles. The second-order valence-electron chi connectivity index (χ2n) is 4.85. The van der Waals surface area contributed by atoms with Crippen molar-refractivity contribution in [2.75, 3.05) is 18.1 Å². The molecule has 0 spiro atoms. The molecule has 1 aromatic carbocycles. The van der Waals surface area contributed by atoms with Crippen LogP contribution in [0.1, 0.15) is 28.9 Å². The molecule has 108 valence electrons. The predicted octanol–water partition coefficient (Wildman–Crippen LogP) is 1.64. The average molecular weight is 291 g/mol. The maximum Gasteiger partial charge on any atom is 0.209 e. The highest BCUT2D eigenvalue weighted by molar-refractivity contribution is 7.99. The molecule has 0 amide bonds. The van der Waals surface area contributed by atoms with E-state index in [9.17, 15) is 0 Å². The van der Waals surface area contributed by atoms with E-state index in [1.807, 2.05) is 0 Å². The molecule has 20 heavy (non-hydrogen) atoms. The van der Waals surface area contributed by atoms with E-state index in [1.54, 1.807) is 16.4 Å². The summed E-state index contributed by atoms with van der Waals surface area (Å²) < 4.78 is 1.58. The van der Waals surface area contributed by atoms with Crippen LogP contribution in [0.3, 0.4) is 0 Å². The maximum atomic E-state index is 6.04. The lowest BCUT2D eigenvalue weighted by Crippen LogP contribution is -2.14. The third kappa shape index (κ3) is 3.52. The number of nitrogens with zero attached hydrogens (tertiary/aromatic N) is 3. The van der Waals surface area contributed by atoms with Crippen LogP contribution >= 0.6 is 11.8 Å². The highest BCUT2D eigenvalue weighted by atomic mass is 32.2. The Hall–Kier alpha value is -1.53. The fraction of sp³-hybridized carbons (Fsp3) is 0.429. The minimum atomic E-state index is 0.682. The molecular weight excluding hydrogens is 270 g/mol. The van der Waals surface area contributed by atoms with Crippen LogP contribution in [0, 0.1) is 13.8 Å². The highest BCUT2D eigenvalue weighted by Crippen LogP contribution is 2.18. The van der Waals surface area contributed by atoms with Crippen LogP contribution in [-0.2, 0) is 6.42 Å². The SMILES string of the molecule is Cc1ccc(Cc2nnc(SCCCN)n2N)cc1C. The second-order valence-corrected chi connectivity index (χ2v) is 5.92. The fourth-order valence-electron chi connectivity index (χ4n) is 1.87. The average Bonchev–Trinajstić information content (AvgIpc) is 2.76. The van der Waals surface area contributed by atoms with Gasteiger partial charge in [0.1, 0.15) is 0 Å². The monoisotopic (exact) mass is 291 g/mol. The summed E-state index contributed by atoms with van der Waals surface area (Å²) in [6.07, 6.45) is 1.64. The first-order valence-corrected chi connectivity index (χ1v) is 7.68. The van der Waals surface area contributed by atoms with Gasteiger partial charge in [-0.3, -0.25) is 0 Å². The first-order valence-electron chi connectivity index (χ1n) is 6.70. The minimum absolute atomic E-state index is 0.682. The van der Waals surface area contributed by atoms with E-state index in [0.717, 1.165) is 23.2 Å². The van der Waals surface area contributed by atoms with E-state index < -0.39 is 0 Å². The van der Waals surface area contributed by atoms with Crippen molar-refractivity contribution in [2.45, 2.75) is 31.8 Å². The number of nitrogen functional groups attached to an aromatic ring is 1. The summed E-state index contributed by atoms with van der Waals surface area (Å²) in [5.74, 6) is 7.73. The number of benzene rings is 1. The molecule has 0 fully saturated rings. The minimum Gasteiger partial charge on any atom is -0.336 e. The lowest BCUT2D eigenvalue weighted by atomic mass is 10.0. The van der Waals surface area contributed by atoms with Crippen LogP contribution in [0.25, 0.3) is 0 Å². The maximum absolute atomic E-state index is 6.04. The molecule has 0 radical (unpaired) electrons. The largest absolute Gasteiger partial charge is 0.336 e. The molecule has 6 heteroatoms. The summed E-state index contributed by atoms with van der Waals surface area (Å²) >= 11 is 1.59. The molecule has 0 saturated heterocycles. The number of aromatic nitrogens is 3. The van der Waals surface area contributed by atoms with Gasteiger partial charge >= 0.3 is 0 Å². The number of nitrogens with two attached hydrogens (primary N) is 2.